The van der Waals surface area contributed by atoms with E-state index in [0.29, 0.717) is 30.5 Å². The van der Waals surface area contributed by atoms with Gasteiger partial charge in [0.1, 0.15) is 0 Å². The Bertz CT molecular complexity index is 963. The fourth-order valence-electron chi connectivity index (χ4n) is 6.80. The van der Waals surface area contributed by atoms with Crippen molar-refractivity contribution in [1.29, 1.82) is 0 Å². The summed E-state index contributed by atoms with van der Waals surface area (Å²) >= 11 is 0. The minimum atomic E-state index is -0.0370. The number of carbonyl (C=O) groups is 2. The first-order valence-electron chi connectivity index (χ1n) is 14.5. The highest BCUT2D eigenvalue weighted by Gasteiger charge is 2.51. The maximum atomic E-state index is 13.5. The Balaban J connectivity index is 1.14. The van der Waals surface area contributed by atoms with Gasteiger partial charge in [-0.1, -0.05) is 63.0 Å². The van der Waals surface area contributed by atoms with Gasteiger partial charge in [-0.25, -0.2) is 9.59 Å². The highest BCUT2D eigenvalue weighted by Crippen LogP contribution is 2.59. The van der Waals surface area contributed by atoms with Crippen LogP contribution in [-0.2, 0) is 0 Å². The Hall–Kier alpha value is -2.54. The summed E-state index contributed by atoms with van der Waals surface area (Å²) in [4.78, 5) is 32.5. The van der Waals surface area contributed by atoms with E-state index in [2.05, 4.69) is 40.4 Å². The fraction of sp³-hybridized carbons (Fsp3) is 0.667. The second kappa shape index (κ2) is 11.5. The standard InChI is InChI=1S/C30H45N5O2/c1-30(2)24-14-13-23(27(30)21-24)22-35(29(37)32-26-11-7-4-8-12-26)20-17-33-15-18-34(19-16-33)28(36)31-25-9-5-3-6-10-25/h3,5-6,9-10,13,24,26-27H,4,7-8,11-12,14-22H2,1-2H3,(H,31,36)(H,32,37). The van der Waals surface area contributed by atoms with Gasteiger partial charge in [0.15, 0.2) is 0 Å². The number of anilines is 1. The van der Waals surface area contributed by atoms with E-state index < -0.39 is 0 Å². The molecule has 7 nitrogen and oxygen atoms in total. The largest absolute Gasteiger partial charge is 0.335 e. The van der Waals surface area contributed by atoms with Crippen LogP contribution in [0.15, 0.2) is 42.0 Å². The first-order chi connectivity index (χ1) is 17.9. The number of hydrogen-bond acceptors (Lipinski definition) is 3. The van der Waals surface area contributed by atoms with Crippen molar-refractivity contribution in [2.24, 2.45) is 17.3 Å². The minimum Gasteiger partial charge on any atom is -0.335 e. The van der Waals surface area contributed by atoms with Crippen LogP contribution in [0.5, 0.6) is 0 Å². The number of nitrogens with zero attached hydrogens (tertiary/aromatic N) is 3. The highest BCUT2D eigenvalue weighted by atomic mass is 16.2. The number of rotatable bonds is 7. The molecule has 4 amide bonds. The molecule has 7 heteroatoms. The lowest BCUT2D eigenvalue weighted by molar-refractivity contribution is -0.00986. The predicted molar refractivity (Wildman–Crippen MR) is 149 cm³/mol. The van der Waals surface area contributed by atoms with Crippen molar-refractivity contribution in [3.63, 3.8) is 0 Å². The van der Waals surface area contributed by atoms with Crippen molar-refractivity contribution in [3.05, 3.63) is 42.0 Å². The van der Waals surface area contributed by atoms with E-state index in [9.17, 15) is 9.59 Å². The molecule has 5 aliphatic rings. The normalized spacial score (nSPS) is 25.6. The number of amides is 4. The molecule has 0 aromatic heterocycles. The minimum absolute atomic E-state index is 0.0370. The van der Waals surface area contributed by atoms with Crippen LogP contribution < -0.4 is 10.6 Å². The van der Waals surface area contributed by atoms with E-state index in [1.807, 2.05) is 35.2 Å². The average molecular weight is 508 g/mol. The van der Waals surface area contributed by atoms with Crippen molar-refractivity contribution in [2.75, 3.05) is 51.1 Å². The van der Waals surface area contributed by atoms with Crippen LogP contribution in [0.25, 0.3) is 0 Å². The lowest BCUT2D eigenvalue weighted by Crippen LogP contribution is -2.54. The number of benzene rings is 1. The van der Waals surface area contributed by atoms with Gasteiger partial charge in [-0.2, -0.15) is 0 Å². The molecule has 1 aromatic rings. The smallest absolute Gasteiger partial charge is 0.321 e. The van der Waals surface area contributed by atoms with Crippen LogP contribution in [0.4, 0.5) is 15.3 Å². The third-order valence-corrected chi connectivity index (χ3v) is 9.55. The number of hydrogen-bond donors (Lipinski definition) is 2. The van der Waals surface area contributed by atoms with Gasteiger partial charge in [0, 0.05) is 57.5 Å². The van der Waals surface area contributed by atoms with Crippen LogP contribution in [0.3, 0.4) is 0 Å². The summed E-state index contributed by atoms with van der Waals surface area (Å²) in [6.45, 7) is 10.2. The number of nitrogens with one attached hydrogen (secondary N) is 2. The number of carbonyl (C=O) groups excluding carboxylic acids is 2. The van der Waals surface area contributed by atoms with E-state index >= 15 is 0 Å². The monoisotopic (exact) mass is 507 g/mol. The molecule has 1 heterocycles. The quantitative estimate of drug-likeness (QED) is 0.500. The summed E-state index contributed by atoms with van der Waals surface area (Å²) in [7, 11) is 0. The first kappa shape index (κ1) is 26.1. The maximum Gasteiger partial charge on any atom is 0.321 e. The fourth-order valence-corrected chi connectivity index (χ4v) is 6.80. The summed E-state index contributed by atoms with van der Waals surface area (Å²) in [6, 6.07) is 10.0. The van der Waals surface area contributed by atoms with Crippen LogP contribution in [0.2, 0.25) is 0 Å². The number of allylic oxidation sites excluding steroid dienone is 1. The van der Waals surface area contributed by atoms with Crippen molar-refractivity contribution in [2.45, 2.75) is 64.8 Å². The molecule has 2 bridgehead atoms. The first-order valence-corrected chi connectivity index (χ1v) is 14.5. The van der Waals surface area contributed by atoms with E-state index in [1.165, 1.54) is 31.3 Å². The Morgan fingerprint density at radius 2 is 1.76 bits per heavy atom. The van der Waals surface area contributed by atoms with Gasteiger partial charge in [0.05, 0.1) is 0 Å². The highest BCUT2D eigenvalue weighted by molar-refractivity contribution is 5.89. The summed E-state index contributed by atoms with van der Waals surface area (Å²) in [5.41, 5.74) is 2.66. The zero-order valence-corrected chi connectivity index (χ0v) is 22.8. The van der Waals surface area contributed by atoms with Gasteiger partial charge in [-0.15, -0.1) is 0 Å². The van der Waals surface area contributed by atoms with E-state index in [1.54, 1.807) is 0 Å². The molecule has 2 atom stereocenters. The summed E-state index contributed by atoms with van der Waals surface area (Å²) < 4.78 is 0. The molecule has 0 radical (unpaired) electrons. The van der Waals surface area contributed by atoms with Gasteiger partial charge < -0.3 is 20.4 Å². The molecule has 202 valence electrons. The molecule has 1 saturated heterocycles. The molecule has 6 rings (SSSR count). The van der Waals surface area contributed by atoms with E-state index in [0.717, 1.165) is 63.6 Å². The second-order valence-electron chi connectivity index (χ2n) is 12.2. The molecule has 2 N–H and O–H groups in total. The number of fused-ring (bicyclic) bond motifs is 1. The molecule has 37 heavy (non-hydrogen) atoms. The molecule has 2 saturated carbocycles. The van der Waals surface area contributed by atoms with Gasteiger partial charge >= 0.3 is 12.1 Å². The van der Waals surface area contributed by atoms with Gasteiger partial charge in [0.2, 0.25) is 0 Å². The molecule has 1 aromatic carbocycles. The number of piperazine rings is 1. The molecule has 3 fully saturated rings. The molecule has 4 aliphatic carbocycles. The Morgan fingerprint density at radius 1 is 1.03 bits per heavy atom. The van der Waals surface area contributed by atoms with Gasteiger partial charge in [-0.3, -0.25) is 4.90 Å². The Labute approximate surface area is 222 Å². The van der Waals surface area contributed by atoms with Crippen LogP contribution in [0, 0.1) is 17.3 Å². The van der Waals surface area contributed by atoms with Crippen molar-refractivity contribution < 1.29 is 9.59 Å². The second-order valence-corrected chi connectivity index (χ2v) is 12.2. The third kappa shape index (κ3) is 6.14. The molecular formula is C30H45N5O2. The summed E-state index contributed by atoms with van der Waals surface area (Å²) in [6.07, 6.45) is 10.8. The zero-order valence-electron chi connectivity index (χ0n) is 22.8. The van der Waals surface area contributed by atoms with Gasteiger partial charge in [0.25, 0.3) is 0 Å². The molecule has 1 aliphatic heterocycles. The SMILES string of the molecule is CC1(C)C2CC=C(CN(CCN3CCN(C(=O)Nc4ccccc4)CC3)C(=O)NC3CCCCC3)C1C2. The topological polar surface area (TPSA) is 67.9 Å². The average Bonchev–Trinajstić information content (AvgIpc) is 2.92. The summed E-state index contributed by atoms with van der Waals surface area (Å²) in [5, 5.41) is 6.36. The third-order valence-electron chi connectivity index (χ3n) is 9.55. The van der Waals surface area contributed by atoms with E-state index in [-0.39, 0.29) is 12.1 Å². The Morgan fingerprint density at radius 3 is 2.43 bits per heavy atom. The number of urea groups is 2. The van der Waals surface area contributed by atoms with E-state index in [4.69, 9.17) is 0 Å². The van der Waals surface area contributed by atoms with Crippen molar-refractivity contribution in [3.8, 4) is 0 Å². The van der Waals surface area contributed by atoms with Crippen LogP contribution >= 0.6 is 0 Å². The molecular weight excluding hydrogens is 462 g/mol. The lowest BCUT2D eigenvalue weighted by Gasteiger charge is -2.57. The van der Waals surface area contributed by atoms with Gasteiger partial charge in [-0.05, 0) is 55.1 Å². The molecule has 0 spiro atoms. The Kier molecular flexibility index (Phi) is 8.08. The molecule has 2 unspecified atom stereocenters. The number of para-hydroxylation sites is 1. The zero-order chi connectivity index (χ0) is 25.8. The van der Waals surface area contributed by atoms with Crippen LogP contribution in [0.1, 0.15) is 58.8 Å². The predicted octanol–water partition coefficient (Wildman–Crippen LogP) is 5.17. The lowest BCUT2D eigenvalue weighted by atomic mass is 9.49. The van der Waals surface area contributed by atoms with Crippen molar-refractivity contribution >= 4 is 17.7 Å². The summed E-state index contributed by atoms with van der Waals surface area (Å²) in [5.74, 6) is 1.42. The maximum absolute atomic E-state index is 13.5. The van der Waals surface area contributed by atoms with Crippen LogP contribution in [-0.4, -0.2) is 78.6 Å². The van der Waals surface area contributed by atoms with Crippen molar-refractivity contribution in [1.82, 2.24) is 20.0 Å².